The molecule has 0 bridgehead atoms. The van der Waals surface area contributed by atoms with Crippen molar-refractivity contribution in [3.05, 3.63) is 29.6 Å². The Morgan fingerprint density at radius 1 is 1.50 bits per heavy atom. The normalized spacial score (nSPS) is 11.2. The molecule has 0 saturated carbocycles. The van der Waals surface area contributed by atoms with Gasteiger partial charge in [0.2, 0.25) is 0 Å². The lowest BCUT2D eigenvalue weighted by molar-refractivity contribution is -0.108. The molecular formula is C12H15N3O. The van der Waals surface area contributed by atoms with Gasteiger partial charge in [0.1, 0.15) is 12.1 Å². The van der Waals surface area contributed by atoms with E-state index in [1.165, 1.54) is 5.56 Å². The quantitative estimate of drug-likeness (QED) is 0.789. The standard InChI is InChI=1S/C12H15N3O/c1-9-13-11-4-3-10(7-12(11)14-9)8-15(2)5-6-16/h3-4,6-7H,5,8H2,1-2H3,(H,13,14). The van der Waals surface area contributed by atoms with Gasteiger partial charge in [-0.2, -0.15) is 0 Å². The Morgan fingerprint density at radius 3 is 3.06 bits per heavy atom. The summed E-state index contributed by atoms with van der Waals surface area (Å²) < 4.78 is 0. The molecule has 0 unspecified atom stereocenters. The topological polar surface area (TPSA) is 49.0 Å². The summed E-state index contributed by atoms with van der Waals surface area (Å²) in [7, 11) is 1.93. The summed E-state index contributed by atoms with van der Waals surface area (Å²) >= 11 is 0. The van der Waals surface area contributed by atoms with Crippen LogP contribution in [0.15, 0.2) is 18.2 Å². The minimum atomic E-state index is 0.458. The predicted octanol–water partition coefficient (Wildman–Crippen LogP) is 1.50. The first-order chi connectivity index (χ1) is 7.69. The third kappa shape index (κ3) is 2.28. The van der Waals surface area contributed by atoms with E-state index in [0.29, 0.717) is 6.54 Å². The van der Waals surface area contributed by atoms with Crippen molar-refractivity contribution in [1.29, 1.82) is 0 Å². The van der Waals surface area contributed by atoms with Crippen molar-refractivity contribution < 1.29 is 4.79 Å². The summed E-state index contributed by atoms with van der Waals surface area (Å²) in [5.74, 6) is 0.924. The zero-order valence-electron chi connectivity index (χ0n) is 9.53. The van der Waals surface area contributed by atoms with Crippen molar-refractivity contribution >= 4 is 17.3 Å². The number of carbonyl (C=O) groups is 1. The number of fused-ring (bicyclic) bond motifs is 1. The van der Waals surface area contributed by atoms with Crippen LogP contribution in [0.4, 0.5) is 0 Å². The molecule has 0 aliphatic heterocycles. The van der Waals surface area contributed by atoms with Crippen LogP contribution in [0.2, 0.25) is 0 Å². The number of carbonyl (C=O) groups excluding carboxylic acids is 1. The summed E-state index contributed by atoms with van der Waals surface area (Å²) in [6, 6.07) is 6.13. The maximum absolute atomic E-state index is 10.4. The molecule has 0 atom stereocenters. The molecule has 0 amide bonds. The van der Waals surface area contributed by atoms with Crippen LogP contribution in [0.25, 0.3) is 11.0 Å². The lowest BCUT2D eigenvalue weighted by Crippen LogP contribution is -2.19. The van der Waals surface area contributed by atoms with Crippen LogP contribution < -0.4 is 0 Å². The van der Waals surface area contributed by atoms with Crippen LogP contribution in [0.3, 0.4) is 0 Å². The zero-order chi connectivity index (χ0) is 11.5. The third-order valence-corrected chi connectivity index (χ3v) is 2.50. The highest BCUT2D eigenvalue weighted by Crippen LogP contribution is 2.14. The summed E-state index contributed by atoms with van der Waals surface area (Å²) in [5.41, 5.74) is 3.22. The second-order valence-corrected chi connectivity index (χ2v) is 4.04. The molecule has 4 nitrogen and oxygen atoms in total. The fourth-order valence-corrected chi connectivity index (χ4v) is 1.79. The molecule has 0 fully saturated rings. The number of H-pyrrole nitrogens is 1. The number of rotatable bonds is 4. The Labute approximate surface area is 94.3 Å². The van der Waals surface area contributed by atoms with Crippen molar-refractivity contribution in [2.24, 2.45) is 0 Å². The minimum Gasteiger partial charge on any atom is -0.342 e. The van der Waals surface area contributed by atoms with Crippen LogP contribution >= 0.6 is 0 Å². The zero-order valence-corrected chi connectivity index (χ0v) is 9.53. The Kier molecular flexibility index (Phi) is 3.01. The van der Waals surface area contributed by atoms with Crippen molar-refractivity contribution in [3.8, 4) is 0 Å². The van der Waals surface area contributed by atoms with Gasteiger partial charge < -0.3 is 9.78 Å². The van der Waals surface area contributed by atoms with E-state index in [1.807, 2.05) is 31.0 Å². The molecule has 84 valence electrons. The van der Waals surface area contributed by atoms with Crippen molar-refractivity contribution in [2.45, 2.75) is 13.5 Å². The van der Waals surface area contributed by atoms with Gasteiger partial charge in [0.05, 0.1) is 17.6 Å². The second kappa shape index (κ2) is 4.45. The molecule has 0 spiro atoms. The van der Waals surface area contributed by atoms with E-state index in [9.17, 15) is 4.79 Å². The fraction of sp³-hybridized carbons (Fsp3) is 0.333. The average molecular weight is 217 g/mol. The Hall–Kier alpha value is -1.68. The van der Waals surface area contributed by atoms with Crippen LogP contribution in [-0.2, 0) is 11.3 Å². The monoisotopic (exact) mass is 217 g/mol. The SMILES string of the molecule is Cc1nc2ccc(CN(C)CC=O)cc2[nH]1. The Balaban J connectivity index is 2.21. The van der Waals surface area contributed by atoms with Crippen LogP contribution in [0.5, 0.6) is 0 Å². The minimum absolute atomic E-state index is 0.458. The van der Waals surface area contributed by atoms with Crippen molar-refractivity contribution in [2.75, 3.05) is 13.6 Å². The highest BCUT2D eigenvalue weighted by Gasteiger charge is 2.03. The molecule has 1 N–H and O–H groups in total. The van der Waals surface area contributed by atoms with E-state index in [4.69, 9.17) is 0 Å². The average Bonchev–Trinajstić information content (AvgIpc) is 2.57. The van der Waals surface area contributed by atoms with Crippen LogP contribution in [-0.4, -0.2) is 34.7 Å². The van der Waals surface area contributed by atoms with E-state index in [1.54, 1.807) is 0 Å². The van der Waals surface area contributed by atoms with Gasteiger partial charge >= 0.3 is 0 Å². The lowest BCUT2D eigenvalue weighted by atomic mass is 10.2. The maximum atomic E-state index is 10.4. The molecule has 0 radical (unpaired) electrons. The number of nitrogens with one attached hydrogen (secondary N) is 1. The molecule has 1 aromatic carbocycles. The first-order valence-electron chi connectivity index (χ1n) is 5.26. The fourth-order valence-electron chi connectivity index (χ4n) is 1.79. The van der Waals surface area contributed by atoms with E-state index >= 15 is 0 Å². The molecule has 1 aromatic heterocycles. The molecule has 2 aromatic rings. The Bertz CT molecular complexity index is 504. The van der Waals surface area contributed by atoms with Gasteiger partial charge in [-0.1, -0.05) is 6.07 Å². The number of nitrogens with zero attached hydrogens (tertiary/aromatic N) is 2. The van der Waals surface area contributed by atoms with Gasteiger partial charge in [-0.05, 0) is 31.7 Å². The highest BCUT2D eigenvalue weighted by molar-refractivity contribution is 5.75. The molecule has 1 heterocycles. The Morgan fingerprint density at radius 2 is 2.31 bits per heavy atom. The number of aromatic nitrogens is 2. The van der Waals surface area contributed by atoms with Gasteiger partial charge in [-0.15, -0.1) is 0 Å². The van der Waals surface area contributed by atoms with Gasteiger partial charge in [-0.3, -0.25) is 4.90 Å². The first kappa shape index (κ1) is 10.8. The van der Waals surface area contributed by atoms with Gasteiger partial charge in [-0.25, -0.2) is 4.98 Å². The molecule has 2 rings (SSSR count). The number of aldehydes is 1. The number of imidazole rings is 1. The molecule has 0 aliphatic rings. The summed E-state index contributed by atoms with van der Waals surface area (Å²) in [5, 5.41) is 0. The van der Waals surface area contributed by atoms with Gasteiger partial charge in [0.25, 0.3) is 0 Å². The lowest BCUT2D eigenvalue weighted by Gasteiger charge is -2.12. The molecule has 0 aliphatic carbocycles. The smallest absolute Gasteiger partial charge is 0.133 e. The first-order valence-corrected chi connectivity index (χ1v) is 5.26. The van der Waals surface area contributed by atoms with Crippen molar-refractivity contribution in [1.82, 2.24) is 14.9 Å². The van der Waals surface area contributed by atoms with E-state index in [-0.39, 0.29) is 0 Å². The number of hydrogen-bond donors (Lipinski definition) is 1. The van der Waals surface area contributed by atoms with E-state index < -0.39 is 0 Å². The second-order valence-electron chi connectivity index (χ2n) is 4.04. The highest BCUT2D eigenvalue weighted by atomic mass is 16.1. The number of likely N-dealkylation sites (N-methyl/N-ethyl adjacent to an activating group) is 1. The molecule has 16 heavy (non-hydrogen) atoms. The number of benzene rings is 1. The predicted molar refractivity (Wildman–Crippen MR) is 63.2 cm³/mol. The number of aryl methyl sites for hydroxylation is 1. The van der Waals surface area contributed by atoms with Crippen LogP contribution in [0, 0.1) is 6.92 Å². The van der Waals surface area contributed by atoms with Crippen molar-refractivity contribution in [3.63, 3.8) is 0 Å². The largest absolute Gasteiger partial charge is 0.342 e. The van der Waals surface area contributed by atoms with E-state index in [2.05, 4.69) is 16.0 Å². The number of aromatic amines is 1. The summed E-state index contributed by atoms with van der Waals surface area (Å²) in [4.78, 5) is 19.9. The van der Waals surface area contributed by atoms with Gasteiger partial charge in [0.15, 0.2) is 0 Å². The molecule has 0 saturated heterocycles. The maximum Gasteiger partial charge on any atom is 0.133 e. The summed E-state index contributed by atoms with van der Waals surface area (Å²) in [6.07, 6.45) is 0.916. The van der Waals surface area contributed by atoms with Crippen LogP contribution in [0.1, 0.15) is 11.4 Å². The third-order valence-electron chi connectivity index (χ3n) is 2.50. The van der Waals surface area contributed by atoms with E-state index in [0.717, 1.165) is 29.7 Å². The molecular weight excluding hydrogens is 202 g/mol. The molecule has 4 heteroatoms. The van der Waals surface area contributed by atoms with Gasteiger partial charge in [0, 0.05) is 6.54 Å². The summed E-state index contributed by atoms with van der Waals surface area (Å²) in [6.45, 7) is 3.17. The number of hydrogen-bond acceptors (Lipinski definition) is 3.